The van der Waals surface area contributed by atoms with Crippen molar-refractivity contribution in [2.45, 2.75) is 32.4 Å². The number of amides is 1. The second kappa shape index (κ2) is 6.01. The molecule has 1 rings (SSSR count). The zero-order valence-electron chi connectivity index (χ0n) is 9.53. The average Bonchev–Trinajstić information content (AvgIpc) is 2.16. The highest BCUT2D eigenvalue weighted by Gasteiger charge is 2.12. The van der Waals surface area contributed by atoms with Crippen LogP contribution in [0.15, 0.2) is 28.7 Å². The molecular weight excluding hydrogens is 268 g/mol. The van der Waals surface area contributed by atoms with Crippen LogP contribution in [-0.4, -0.2) is 11.9 Å². The molecule has 0 aromatic heterocycles. The van der Waals surface area contributed by atoms with Gasteiger partial charge in [0.1, 0.15) is 0 Å². The third-order valence-electron chi connectivity index (χ3n) is 2.26. The molecule has 1 unspecified atom stereocenters. The fraction of sp³-hybridized carbons (Fsp3) is 0.417. The first kappa shape index (κ1) is 13.2. The van der Waals surface area contributed by atoms with Crippen LogP contribution in [0.4, 0.5) is 0 Å². The number of halogens is 1. The number of nitrogens with two attached hydrogens (primary N) is 1. The van der Waals surface area contributed by atoms with E-state index in [1.165, 1.54) is 0 Å². The van der Waals surface area contributed by atoms with Gasteiger partial charge in [0.2, 0.25) is 5.91 Å². The van der Waals surface area contributed by atoms with Crippen LogP contribution >= 0.6 is 15.9 Å². The van der Waals surface area contributed by atoms with Gasteiger partial charge in [-0.1, -0.05) is 34.1 Å². The van der Waals surface area contributed by atoms with Crippen molar-refractivity contribution < 1.29 is 4.79 Å². The third-order valence-corrected chi connectivity index (χ3v) is 2.98. The lowest BCUT2D eigenvalue weighted by molar-refractivity contribution is -0.122. The Kier molecular flexibility index (Phi) is 4.96. The summed E-state index contributed by atoms with van der Waals surface area (Å²) in [4.78, 5) is 11.5. The molecule has 0 saturated heterocycles. The van der Waals surface area contributed by atoms with E-state index in [4.69, 9.17) is 5.73 Å². The predicted molar refractivity (Wildman–Crippen MR) is 69.0 cm³/mol. The summed E-state index contributed by atoms with van der Waals surface area (Å²) in [5.74, 6) is -0.0155. The van der Waals surface area contributed by atoms with Crippen LogP contribution in [0, 0.1) is 0 Å². The molecule has 0 aliphatic carbocycles. The molecule has 0 saturated carbocycles. The van der Waals surface area contributed by atoms with E-state index in [-0.39, 0.29) is 18.0 Å². The topological polar surface area (TPSA) is 55.1 Å². The summed E-state index contributed by atoms with van der Waals surface area (Å²) in [7, 11) is 0. The summed E-state index contributed by atoms with van der Waals surface area (Å²) in [6, 6.07) is 7.73. The Bertz CT molecular complexity index is 366. The number of carbonyl (C=O) groups excluding carboxylic acids is 1. The fourth-order valence-corrected chi connectivity index (χ4v) is 2.13. The van der Waals surface area contributed by atoms with Crippen molar-refractivity contribution in [2.75, 3.05) is 0 Å². The number of nitrogens with one attached hydrogen (secondary N) is 1. The van der Waals surface area contributed by atoms with Crippen molar-refractivity contribution in [3.05, 3.63) is 34.3 Å². The van der Waals surface area contributed by atoms with Gasteiger partial charge in [0.15, 0.2) is 0 Å². The first-order valence-electron chi connectivity index (χ1n) is 5.30. The molecule has 2 atom stereocenters. The molecule has 88 valence electrons. The number of rotatable bonds is 4. The first-order valence-corrected chi connectivity index (χ1v) is 6.09. The Balaban J connectivity index is 2.62. The molecule has 1 amide bonds. The summed E-state index contributed by atoms with van der Waals surface area (Å²) in [6.07, 6.45) is 0.356. The quantitative estimate of drug-likeness (QED) is 0.892. The highest BCUT2D eigenvalue weighted by atomic mass is 79.9. The smallest absolute Gasteiger partial charge is 0.222 e. The molecule has 0 fully saturated rings. The number of hydrogen-bond acceptors (Lipinski definition) is 2. The van der Waals surface area contributed by atoms with Gasteiger partial charge in [0, 0.05) is 16.9 Å². The van der Waals surface area contributed by atoms with Gasteiger partial charge in [-0.25, -0.2) is 0 Å². The average molecular weight is 285 g/mol. The maximum atomic E-state index is 11.5. The Labute approximate surface area is 105 Å². The van der Waals surface area contributed by atoms with Crippen molar-refractivity contribution in [2.24, 2.45) is 5.73 Å². The highest BCUT2D eigenvalue weighted by Crippen LogP contribution is 2.22. The van der Waals surface area contributed by atoms with Gasteiger partial charge >= 0.3 is 0 Å². The molecule has 1 aromatic rings. The van der Waals surface area contributed by atoms with Gasteiger partial charge in [0.05, 0.1) is 6.04 Å². The van der Waals surface area contributed by atoms with Crippen LogP contribution < -0.4 is 11.1 Å². The van der Waals surface area contributed by atoms with Gasteiger partial charge in [-0.2, -0.15) is 0 Å². The van der Waals surface area contributed by atoms with Crippen LogP contribution in [0.2, 0.25) is 0 Å². The van der Waals surface area contributed by atoms with E-state index >= 15 is 0 Å². The summed E-state index contributed by atoms with van der Waals surface area (Å²) in [5, 5.41) is 2.92. The fourth-order valence-electron chi connectivity index (χ4n) is 1.50. The minimum atomic E-state index is -0.105. The largest absolute Gasteiger partial charge is 0.349 e. The van der Waals surface area contributed by atoms with Gasteiger partial charge in [-0.3, -0.25) is 4.79 Å². The van der Waals surface area contributed by atoms with E-state index < -0.39 is 0 Å². The minimum absolute atomic E-state index is 0.0122. The molecule has 4 heteroatoms. The number of carbonyl (C=O) groups is 1. The maximum absolute atomic E-state index is 11.5. The summed E-state index contributed by atoms with van der Waals surface area (Å²) >= 11 is 3.46. The lowest BCUT2D eigenvalue weighted by atomic mass is 10.1. The van der Waals surface area contributed by atoms with Crippen LogP contribution in [0.1, 0.15) is 31.9 Å². The van der Waals surface area contributed by atoms with E-state index in [0.717, 1.165) is 10.0 Å². The standard InChI is InChI=1S/C12H17BrN2O/c1-8(14)7-12(16)15-9(2)10-5-3-4-6-11(10)13/h3-6,8-9H,7,14H2,1-2H3,(H,15,16)/t8?,9-/m1/s1. The SMILES string of the molecule is CC(N)CC(=O)N[C@H](C)c1ccccc1Br. The molecule has 0 aliphatic heterocycles. The monoisotopic (exact) mass is 284 g/mol. The van der Waals surface area contributed by atoms with Crippen LogP contribution in [0.25, 0.3) is 0 Å². The van der Waals surface area contributed by atoms with Crippen molar-refractivity contribution in [1.29, 1.82) is 0 Å². The number of hydrogen-bond donors (Lipinski definition) is 2. The van der Waals surface area contributed by atoms with Gasteiger partial charge < -0.3 is 11.1 Å². The van der Waals surface area contributed by atoms with E-state index in [2.05, 4.69) is 21.2 Å². The Hall–Kier alpha value is -0.870. The first-order chi connectivity index (χ1) is 7.50. The highest BCUT2D eigenvalue weighted by molar-refractivity contribution is 9.10. The lowest BCUT2D eigenvalue weighted by Crippen LogP contribution is -2.31. The van der Waals surface area contributed by atoms with Crippen LogP contribution in [0.5, 0.6) is 0 Å². The second-order valence-electron chi connectivity index (χ2n) is 3.99. The van der Waals surface area contributed by atoms with Gasteiger partial charge in [-0.05, 0) is 25.5 Å². The Morgan fingerprint density at radius 1 is 1.44 bits per heavy atom. The van der Waals surface area contributed by atoms with Crippen molar-refractivity contribution >= 4 is 21.8 Å². The molecule has 3 nitrogen and oxygen atoms in total. The maximum Gasteiger partial charge on any atom is 0.222 e. The minimum Gasteiger partial charge on any atom is -0.349 e. The van der Waals surface area contributed by atoms with E-state index in [1.807, 2.05) is 38.1 Å². The summed E-state index contributed by atoms with van der Waals surface area (Å²) in [5.41, 5.74) is 6.64. The second-order valence-corrected chi connectivity index (χ2v) is 4.85. The van der Waals surface area contributed by atoms with Gasteiger partial charge in [-0.15, -0.1) is 0 Å². The van der Waals surface area contributed by atoms with Crippen molar-refractivity contribution in [3.63, 3.8) is 0 Å². The van der Waals surface area contributed by atoms with E-state index in [0.29, 0.717) is 6.42 Å². The zero-order valence-corrected chi connectivity index (χ0v) is 11.1. The zero-order chi connectivity index (χ0) is 12.1. The van der Waals surface area contributed by atoms with Crippen molar-refractivity contribution in [1.82, 2.24) is 5.32 Å². The molecule has 0 aliphatic rings. The molecule has 0 bridgehead atoms. The molecular formula is C12H17BrN2O. The molecule has 3 N–H and O–H groups in total. The third kappa shape index (κ3) is 3.94. The van der Waals surface area contributed by atoms with Crippen molar-refractivity contribution in [3.8, 4) is 0 Å². The molecule has 0 spiro atoms. The van der Waals surface area contributed by atoms with E-state index in [1.54, 1.807) is 0 Å². The molecule has 16 heavy (non-hydrogen) atoms. The molecule has 0 heterocycles. The normalized spacial score (nSPS) is 14.2. The Morgan fingerprint density at radius 2 is 2.06 bits per heavy atom. The van der Waals surface area contributed by atoms with Gasteiger partial charge in [0.25, 0.3) is 0 Å². The lowest BCUT2D eigenvalue weighted by Gasteiger charge is -2.16. The molecule has 1 aromatic carbocycles. The van der Waals surface area contributed by atoms with Crippen LogP contribution in [-0.2, 0) is 4.79 Å². The van der Waals surface area contributed by atoms with E-state index in [9.17, 15) is 4.79 Å². The summed E-state index contributed by atoms with van der Waals surface area (Å²) in [6.45, 7) is 3.78. The number of benzene rings is 1. The predicted octanol–water partition coefficient (Wildman–Crippen LogP) is 2.36. The Morgan fingerprint density at radius 3 is 2.62 bits per heavy atom. The molecule has 0 radical (unpaired) electrons. The van der Waals surface area contributed by atoms with Crippen LogP contribution in [0.3, 0.4) is 0 Å². The summed E-state index contributed by atoms with van der Waals surface area (Å²) < 4.78 is 1.00.